The number of hydrogen-bond acceptors (Lipinski definition) is 2. The third-order valence-corrected chi connectivity index (χ3v) is 1.54. The second kappa shape index (κ2) is 4.17. The van der Waals surface area contributed by atoms with Gasteiger partial charge in [0.2, 0.25) is 11.3 Å². The van der Waals surface area contributed by atoms with Crippen molar-refractivity contribution < 1.29 is 8.76 Å². The van der Waals surface area contributed by atoms with Crippen LogP contribution in [0.25, 0.3) is 0 Å². The van der Waals surface area contributed by atoms with Crippen molar-refractivity contribution in [3.63, 3.8) is 0 Å². The van der Waals surface area contributed by atoms with Crippen LogP contribution in [0.15, 0.2) is 24.5 Å². The fourth-order valence-corrected chi connectivity index (χ4v) is 0.936. The van der Waals surface area contributed by atoms with Crippen LogP contribution in [0, 0.1) is 0 Å². The Kier molecular flexibility index (Phi) is 3.15. The van der Waals surface area contributed by atoms with Gasteiger partial charge in [-0.25, -0.2) is 8.93 Å². The molecule has 0 aliphatic rings. The molecule has 1 rings (SSSR count). The van der Waals surface area contributed by atoms with Gasteiger partial charge in [-0.3, -0.25) is 9.54 Å². The fraction of sp³-hybridized carbons (Fsp3) is 0.167. The smallest absolute Gasteiger partial charge is 0.232 e. The zero-order valence-electron chi connectivity index (χ0n) is 5.73. The number of pyridine rings is 1. The van der Waals surface area contributed by atoms with E-state index in [-0.39, 0.29) is 0 Å². The lowest BCUT2D eigenvalue weighted by atomic mass is 10.3. The molecule has 0 saturated carbocycles. The van der Waals surface area contributed by atoms with Gasteiger partial charge in [0.25, 0.3) is 0 Å². The average Bonchev–Trinajstić information content (AvgIpc) is 2.03. The molecule has 4 nitrogen and oxygen atoms in total. The minimum absolute atomic E-state index is 0.381. The summed E-state index contributed by atoms with van der Waals surface area (Å²) >= 11 is -1.94. The highest BCUT2D eigenvalue weighted by atomic mass is 32.2. The van der Waals surface area contributed by atoms with Crippen LogP contribution in [0.3, 0.4) is 0 Å². The van der Waals surface area contributed by atoms with E-state index in [1.54, 1.807) is 24.5 Å². The third-order valence-electron chi connectivity index (χ3n) is 1.15. The zero-order valence-corrected chi connectivity index (χ0v) is 6.54. The Labute approximate surface area is 67.1 Å². The van der Waals surface area contributed by atoms with Crippen LogP contribution in [-0.2, 0) is 17.8 Å². The molecule has 0 aromatic carbocycles. The van der Waals surface area contributed by atoms with Crippen LogP contribution < -0.4 is 4.72 Å². The summed E-state index contributed by atoms with van der Waals surface area (Å²) in [5.41, 5.74) is 0.933. The van der Waals surface area contributed by atoms with Crippen LogP contribution in [0.1, 0.15) is 5.56 Å². The van der Waals surface area contributed by atoms with Gasteiger partial charge in [-0.2, -0.15) is 0 Å². The van der Waals surface area contributed by atoms with E-state index in [0.717, 1.165) is 5.56 Å². The van der Waals surface area contributed by atoms with E-state index in [1.807, 2.05) is 0 Å². The molecule has 0 spiro atoms. The molecular weight excluding hydrogens is 164 g/mol. The van der Waals surface area contributed by atoms with Gasteiger partial charge in [0, 0.05) is 18.9 Å². The summed E-state index contributed by atoms with van der Waals surface area (Å²) in [5.74, 6) is 0. The monoisotopic (exact) mass is 172 g/mol. The lowest BCUT2D eigenvalue weighted by molar-refractivity contribution is 0.548. The normalized spacial score (nSPS) is 12.8. The Morgan fingerprint density at radius 2 is 2.18 bits per heavy atom. The molecule has 2 N–H and O–H groups in total. The SMILES string of the molecule is O=S(O)NCc1ccncc1. The molecule has 0 saturated heterocycles. The van der Waals surface area contributed by atoms with E-state index in [0.29, 0.717) is 6.54 Å². The van der Waals surface area contributed by atoms with E-state index >= 15 is 0 Å². The summed E-state index contributed by atoms with van der Waals surface area (Å²) in [4.78, 5) is 3.81. The second-order valence-corrected chi connectivity index (χ2v) is 2.71. The molecule has 0 amide bonds. The van der Waals surface area contributed by atoms with Gasteiger partial charge < -0.3 is 0 Å². The first kappa shape index (κ1) is 8.32. The molecule has 0 aliphatic carbocycles. The molecule has 1 aromatic heterocycles. The van der Waals surface area contributed by atoms with Crippen molar-refractivity contribution >= 4 is 11.3 Å². The number of hydrogen-bond donors (Lipinski definition) is 2. The Balaban J connectivity index is 2.45. The summed E-state index contributed by atoms with van der Waals surface area (Å²) in [5, 5.41) is 0. The highest BCUT2D eigenvalue weighted by molar-refractivity contribution is 7.77. The number of aromatic nitrogens is 1. The maximum atomic E-state index is 10.2. The maximum absolute atomic E-state index is 10.2. The van der Waals surface area contributed by atoms with Gasteiger partial charge in [0.05, 0.1) is 0 Å². The highest BCUT2D eigenvalue weighted by Crippen LogP contribution is 1.94. The van der Waals surface area contributed by atoms with E-state index in [4.69, 9.17) is 4.55 Å². The number of rotatable bonds is 3. The summed E-state index contributed by atoms with van der Waals surface area (Å²) in [6, 6.07) is 3.56. The fourth-order valence-electron chi connectivity index (χ4n) is 0.646. The molecule has 1 heterocycles. The number of nitrogens with one attached hydrogen (secondary N) is 1. The summed E-state index contributed by atoms with van der Waals surface area (Å²) in [7, 11) is 0. The molecule has 1 atom stereocenters. The van der Waals surface area contributed by atoms with Crippen molar-refractivity contribution in [3.8, 4) is 0 Å². The molecule has 0 radical (unpaired) electrons. The first-order chi connectivity index (χ1) is 5.29. The highest BCUT2D eigenvalue weighted by Gasteiger charge is 1.92. The van der Waals surface area contributed by atoms with E-state index in [1.165, 1.54) is 0 Å². The topological polar surface area (TPSA) is 62.2 Å². The molecule has 1 aromatic rings. The van der Waals surface area contributed by atoms with Crippen molar-refractivity contribution in [1.82, 2.24) is 9.71 Å². The van der Waals surface area contributed by atoms with Crippen molar-refractivity contribution in [3.05, 3.63) is 30.1 Å². The summed E-state index contributed by atoms with van der Waals surface area (Å²) < 4.78 is 20.9. The van der Waals surface area contributed by atoms with Gasteiger partial charge in [0.1, 0.15) is 0 Å². The largest absolute Gasteiger partial charge is 0.294 e. The number of nitrogens with zero attached hydrogens (tertiary/aromatic N) is 1. The molecule has 1 unspecified atom stereocenters. The van der Waals surface area contributed by atoms with Crippen molar-refractivity contribution in [2.24, 2.45) is 0 Å². The first-order valence-corrected chi connectivity index (χ1v) is 4.13. The standard InChI is InChI=1S/C6H8N2O2S/c9-11(10)8-5-6-1-3-7-4-2-6/h1-4,8H,5H2,(H,9,10). The van der Waals surface area contributed by atoms with Crippen LogP contribution in [0.5, 0.6) is 0 Å². The van der Waals surface area contributed by atoms with Crippen molar-refractivity contribution in [2.75, 3.05) is 0 Å². The van der Waals surface area contributed by atoms with Gasteiger partial charge >= 0.3 is 0 Å². The van der Waals surface area contributed by atoms with E-state index in [9.17, 15) is 4.21 Å². The van der Waals surface area contributed by atoms with E-state index < -0.39 is 11.3 Å². The molecule has 11 heavy (non-hydrogen) atoms. The molecule has 0 aliphatic heterocycles. The third kappa shape index (κ3) is 3.22. The summed E-state index contributed by atoms with van der Waals surface area (Å²) in [6.45, 7) is 0.381. The Bertz CT molecular complexity index is 240. The molecule has 5 heteroatoms. The second-order valence-electron chi connectivity index (χ2n) is 1.93. The predicted octanol–water partition coefficient (Wildman–Crippen LogP) is 0.308. The van der Waals surface area contributed by atoms with Gasteiger partial charge in [-0.1, -0.05) is 0 Å². The Hall–Kier alpha value is -0.780. The lowest BCUT2D eigenvalue weighted by Gasteiger charge is -1.97. The van der Waals surface area contributed by atoms with Gasteiger partial charge in [0.15, 0.2) is 0 Å². The molecular formula is C6H8N2O2S. The lowest BCUT2D eigenvalue weighted by Crippen LogP contribution is -2.15. The van der Waals surface area contributed by atoms with Gasteiger partial charge in [-0.15, -0.1) is 0 Å². The van der Waals surface area contributed by atoms with Crippen molar-refractivity contribution in [2.45, 2.75) is 6.54 Å². The molecule has 0 fully saturated rings. The minimum atomic E-state index is -1.94. The van der Waals surface area contributed by atoms with Crippen LogP contribution in [0.2, 0.25) is 0 Å². The molecule has 0 bridgehead atoms. The Morgan fingerprint density at radius 1 is 1.55 bits per heavy atom. The predicted molar refractivity (Wildman–Crippen MR) is 41.8 cm³/mol. The van der Waals surface area contributed by atoms with Crippen LogP contribution in [0.4, 0.5) is 0 Å². The maximum Gasteiger partial charge on any atom is 0.232 e. The zero-order chi connectivity index (χ0) is 8.10. The summed E-state index contributed by atoms with van der Waals surface area (Å²) in [6.07, 6.45) is 3.27. The van der Waals surface area contributed by atoms with Crippen molar-refractivity contribution in [1.29, 1.82) is 0 Å². The quantitative estimate of drug-likeness (QED) is 0.645. The molecule has 60 valence electrons. The van der Waals surface area contributed by atoms with Crippen LogP contribution >= 0.6 is 0 Å². The average molecular weight is 172 g/mol. The van der Waals surface area contributed by atoms with E-state index in [2.05, 4.69) is 9.71 Å². The van der Waals surface area contributed by atoms with Crippen LogP contribution in [-0.4, -0.2) is 13.7 Å². The van der Waals surface area contributed by atoms with Gasteiger partial charge in [-0.05, 0) is 17.7 Å². The Morgan fingerprint density at radius 3 is 2.73 bits per heavy atom. The first-order valence-electron chi connectivity index (χ1n) is 3.02. The minimum Gasteiger partial charge on any atom is -0.294 e.